The van der Waals surface area contributed by atoms with Crippen LogP contribution < -0.4 is 4.74 Å². The molecule has 6 heteroatoms. The van der Waals surface area contributed by atoms with Gasteiger partial charge in [-0.25, -0.2) is 0 Å². The summed E-state index contributed by atoms with van der Waals surface area (Å²) in [6.07, 6.45) is 1.63. The number of rotatable bonds is 4. The van der Waals surface area contributed by atoms with E-state index in [4.69, 9.17) is 4.74 Å². The Labute approximate surface area is 151 Å². The van der Waals surface area contributed by atoms with Crippen molar-refractivity contribution in [2.45, 2.75) is 13.8 Å². The Hall–Kier alpha value is -3.41. The van der Waals surface area contributed by atoms with Crippen molar-refractivity contribution in [3.63, 3.8) is 0 Å². The molecule has 2 amide bonds. The number of hydrogen-bond donors (Lipinski definition) is 1. The van der Waals surface area contributed by atoms with E-state index in [0.29, 0.717) is 34.8 Å². The van der Waals surface area contributed by atoms with Crippen LogP contribution in [0.25, 0.3) is 6.08 Å². The molecule has 3 rings (SSSR count). The molecule has 1 aliphatic heterocycles. The van der Waals surface area contributed by atoms with Crippen molar-refractivity contribution in [2.75, 3.05) is 6.61 Å². The second kappa shape index (κ2) is 7.23. The van der Waals surface area contributed by atoms with Gasteiger partial charge < -0.3 is 9.84 Å². The second-order valence-corrected chi connectivity index (χ2v) is 5.69. The number of amides is 2. The maximum absolute atomic E-state index is 12.7. The van der Waals surface area contributed by atoms with E-state index in [2.05, 4.69) is 5.10 Å². The van der Waals surface area contributed by atoms with Crippen LogP contribution in [0.15, 0.2) is 59.2 Å². The molecule has 132 valence electrons. The van der Waals surface area contributed by atoms with E-state index in [1.54, 1.807) is 55.5 Å². The highest BCUT2D eigenvalue weighted by atomic mass is 16.5. The normalized spacial score (nSPS) is 15.3. The van der Waals surface area contributed by atoms with Crippen LogP contribution in [-0.2, 0) is 4.79 Å². The highest BCUT2D eigenvalue weighted by molar-refractivity contribution is 6.30. The maximum Gasteiger partial charge on any atom is 0.283 e. The minimum atomic E-state index is -0.484. The number of hydrazone groups is 1. The van der Waals surface area contributed by atoms with E-state index in [1.165, 1.54) is 6.07 Å². The number of imide groups is 1. The number of phenols is 1. The van der Waals surface area contributed by atoms with E-state index in [1.807, 2.05) is 6.92 Å². The van der Waals surface area contributed by atoms with E-state index in [-0.39, 0.29) is 5.75 Å². The summed E-state index contributed by atoms with van der Waals surface area (Å²) < 4.78 is 5.35. The Kier molecular flexibility index (Phi) is 4.84. The van der Waals surface area contributed by atoms with Gasteiger partial charge in [-0.05, 0) is 49.8 Å². The summed E-state index contributed by atoms with van der Waals surface area (Å²) in [7, 11) is 0. The molecule has 26 heavy (non-hydrogen) atoms. The van der Waals surface area contributed by atoms with Gasteiger partial charge >= 0.3 is 0 Å². The average Bonchev–Trinajstić information content (AvgIpc) is 2.93. The molecule has 0 saturated carbocycles. The molecule has 1 heterocycles. The van der Waals surface area contributed by atoms with E-state index >= 15 is 0 Å². The number of phenolic OH excluding ortho intramolecular Hbond substituents is 1. The predicted octanol–water partition coefficient (Wildman–Crippen LogP) is 3.23. The zero-order valence-electron chi connectivity index (χ0n) is 14.5. The fraction of sp³-hybridized carbons (Fsp3) is 0.150. The molecule has 0 spiro atoms. The topological polar surface area (TPSA) is 79.2 Å². The van der Waals surface area contributed by atoms with Crippen LogP contribution in [0, 0.1) is 0 Å². The Morgan fingerprint density at radius 3 is 2.65 bits per heavy atom. The number of aromatic hydroxyl groups is 1. The van der Waals surface area contributed by atoms with Gasteiger partial charge in [0.25, 0.3) is 11.8 Å². The van der Waals surface area contributed by atoms with Crippen molar-refractivity contribution in [3.8, 4) is 11.5 Å². The van der Waals surface area contributed by atoms with Gasteiger partial charge in [0.05, 0.1) is 17.9 Å². The van der Waals surface area contributed by atoms with Crippen LogP contribution in [-0.4, -0.2) is 34.2 Å². The van der Waals surface area contributed by atoms with Crippen molar-refractivity contribution >= 4 is 23.6 Å². The van der Waals surface area contributed by atoms with Crippen LogP contribution in [0.5, 0.6) is 11.5 Å². The first-order valence-corrected chi connectivity index (χ1v) is 8.18. The molecular formula is C20H18N2O4. The lowest BCUT2D eigenvalue weighted by atomic mass is 10.1. The molecule has 1 N–H and O–H groups in total. The molecule has 6 nitrogen and oxygen atoms in total. The van der Waals surface area contributed by atoms with Gasteiger partial charge in [0.15, 0.2) is 11.5 Å². The molecule has 0 aromatic heterocycles. The van der Waals surface area contributed by atoms with Gasteiger partial charge in [-0.3, -0.25) is 9.59 Å². The predicted molar refractivity (Wildman–Crippen MR) is 98.0 cm³/mol. The Morgan fingerprint density at radius 1 is 1.23 bits per heavy atom. The summed E-state index contributed by atoms with van der Waals surface area (Å²) in [6.45, 7) is 3.90. The van der Waals surface area contributed by atoms with Crippen molar-refractivity contribution in [1.29, 1.82) is 0 Å². The van der Waals surface area contributed by atoms with Gasteiger partial charge in [0.2, 0.25) is 0 Å². The average molecular weight is 350 g/mol. The van der Waals surface area contributed by atoms with Crippen LogP contribution >= 0.6 is 0 Å². The van der Waals surface area contributed by atoms with Crippen molar-refractivity contribution in [2.24, 2.45) is 5.10 Å². The minimum absolute atomic E-state index is 0.0259. The summed E-state index contributed by atoms with van der Waals surface area (Å²) in [5.41, 5.74) is 1.83. The molecule has 0 radical (unpaired) electrons. The summed E-state index contributed by atoms with van der Waals surface area (Å²) >= 11 is 0. The first-order chi connectivity index (χ1) is 12.5. The molecule has 1 aliphatic rings. The number of carbonyl (C=O) groups excluding carboxylic acids is 2. The Bertz CT molecular complexity index is 917. The SMILES string of the molecule is CCOc1cc(/C=C2/C(=O)N(C(=O)c3ccccc3)N=C2C)ccc1O. The molecule has 2 aromatic carbocycles. The molecule has 0 atom stereocenters. The van der Waals surface area contributed by atoms with Gasteiger partial charge in [-0.15, -0.1) is 0 Å². The fourth-order valence-corrected chi connectivity index (χ4v) is 2.58. The van der Waals surface area contributed by atoms with Crippen molar-refractivity contribution in [3.05, 3.63) is 65.2 Å². The highest BCUT2D eigenvalue weighted by Crippen LogP contribution is 2.29. The summed E-state index contributed by atoms with van der Waals surface area (Å²) in [6, 6.07) is 13.3. The summed E-state index contributed by atoms with van der Waals surface area (Å²) in [4.78, 5) is 25.2. The third kappa shape index (κ3) is 3.35. The third-order valence-electron chi connectivity index (χ3n) is 3.87. The van der Waals surface area contributed by atoms with Crippen LogP contribution in [0.1, 0.15) is 29.8 Å². The Morgan fingerprint density at radius 2 is 1.96 bits per heavy atom. The third-order valence-corrected chi connectivity index (χ3v) is 3.87. The van der Waals surface area contributed by atoms with Crippen LogP contribution in [0.4, 0.5) is 0 Å². The molecule has 0 fully saturated rings. The number of benzene rings is 2. The standard InChI is InChI=1S/C20H18N2O4/c1-3-26-18-12-14(9-10-17(18)23)11-16-13(2)21-22(20(16)25)19(24)15-7-5-4-6-8-15/h4-12,23H,3H2,1-2H3/b16-11+. The quantitative estimate of drug-likeness (QED) is 0.678. The van der Waals surface area contributed by atoms with Gasteiger partial charge in [0.1, 0.15) is 0 Å². The number of carbonyl (C=O) groups is 2. The van der Waals surface area contributed by atoms with E-state index in [0.717, 1.165) is 5.01 Å². The smallest absolute Gasteiger partial charge is 0.283 e. The lowest BCUT2D eigenvalue weighted by molar-refractivity contribution is -0.123. The number of hydrogen-bond acceptors (Lipinski definition) is 5. The van der Waals surface area contributed by atoms with Crippen LogP contribution in [0.3, 0.4) is 0 Å². The molecule has 0 unspecified atom stereocenters. The number of ether oxygens (including phenoxy) is 1. The largest absolute Gasteiger partial charge is 0.504 e. The lowest BCUT2D eigenvalue weighted by Crippen LogP contribution is -2.29. The monoisotopic (exact) mass is 350 g/mol. The lowest BCUT2D eigenvalue weighted by Gasteiger charge is -2.10. The van der Waals surface area contributed by atoms with Crippen molar-refractivity contribution in [1.82, 2.24) is 5.01 Å². The zero-order chi connectivity index (χ0) is 18.7. The molecule has 0 bridgehead atoms. The Balaban J connectivity index is 1.90. The molecular weight excluding hydrogens is 332 g/mol. The first kappa shape index (κ1) is 17.4. The van der Waals surface area contributed by atoms with Gasteiger partial charge in [0, 0.05) is 5.56 Å². The van der Waals surface area contributed by atoms with E-state index in [9.17, 15) is 14.7 Å². The zero-order valence-corrected chi connectivity index (χ0v) is 14.5. The maximum atomic E-state index is 12.7. The molecule has 2 aromatic rings. The highest BCUT2D eigenvalue weighted by Gasteiger charge is 2.32. The second-order valence-electron chi connectivity index (χ2n) is 5.69. The van der Waals surface area contributed by atoms with Gasteiger partial charge in [-0.1, -0.05) is 24.3 Å². The van der Waals surface area contributed by atoms with Gasteiger partial charge in [-0.2, -0.15) is 10.1 Å². The number of nitrogens with zero attached hydrogens (tertiary/aromatic N) is 2. The first-order valence-electron chi connectivity index (χ1n) is 8.18. The van der Waals surface area contributed by atoms with Crippen molar-refractivity contribution < 1.29 is 19.4 Å². The van der Waals surface area contributed by atoms with Crippen LogP contribution in [0.2, 0.25) is 0 Å². The summed E-state index contributed by atoms with van der Waals surface area (Å²) in [5, 5.41) is 14.8. The molecule has 0 saturated heterocycles. The van der Waals surface area contributed by atoms with E-state index < -0.39 is 11.8 Å². The summed E-state index contributed by atoms with van der Waals surface area (Å²) in [5.74, 6) is -0.599. The fourth-order valence-electron chi connectivity index (χ4n) is 2.58. The molecule has 0 aliphatic carbocycles. The minimum Gasteiger partial charge on any atom is -0.504 e.